The molecule has 3 aliphatic rings. The van der Waals surface area contributed by atoms with Crippen LogP contribution in [0, 0.1) is 0 Å². The van der Waals surface area contributed by atoms with Crippen LogP contribution in [0.25, 0.3) is 0 Å². The van der Waals surface area contributed by atoms with Gasteiger partial charge in [0.05, 0.1) is 12.3 Å². The molecule has 1 unspecified atom stereocenters. The smallest absolute Gasteiger partial charge is 0.215 e. The third kappa shape index (κ3) is 6.61. The minimum atomic E-state index is -3.18. The van der Waals surface area contributed by atoms with Crippen LogP contribution in [-0.2, 0) is 10.0 Å². The highest BCUT2D eigenvalue weighted by atomic mass is 127. The van der Waals surface area contributed by atoms with Crippen LogP contribution in [0.3, 0.4) is 0 Å². The van der Waals surface area contributed by atoms with Gasteiger partial charge >= 0.3 is 0 Å². The zero-order chi connectivity index (χ0) is 18.4. The minimum Gasteiger partial charge on any atom is -0.357 e. The van der Waals surface area contributed by atoms with Crippen molar-refractivity contribution < 1.29 is 8.42 Å². The van der Waals surface area contributed by atoms with Gasteiger partial charge in [-0.25, -0.2) is 12.7 Å². The van der Waals surface area contributed by atoms with E-state index in [1.165, 1.54) is 32.4 Å². The van der Waals surface area contributed by atoms with Crippen LogP contribution in [0.15, 0.2) is 4.99 Å². The van der Waals surface area contributed by atoms with Gasteiger partial charge in [-0.05, 0) is 39.3 Å². The summed E-state index contributed by atoms with van der Waals surface area (Å²) >= 11 is 1.82. The molecule has 10 heteroatoms. The highest BCUT2D eigenvalue weighted by Crippen LogP contribution is 2.20. The summed E-state index contributed by atoms with van der Waals surface area (Å²) < 4.78 is 26.6. The summed E-state index contributed by atoms with van der Waals surface area (Å²) in [5.74, 6) is 2.78. The maximum absolute atomic E-state index is 12.5. The predicted octanol–water partition coefficient (Wildman–Crippen LogP) is 1.12. The highest BCUT2D eigenvalue weighted by molar-refractivity contribution is 14.0. The fourth-order valence-corrected chi connectivity index (χ4v) is 6.44. The molecule has 27 heavy (non-hydrogen) atoms. The Hall–Kier alpha value is 0.220. The number of rotatable bonds is 6. The number of sulfonamides is 1. The molecule has 3 aliphatic heterocycles. The van der Waals surface area contributed by atoms with Crippen LogP contribution < -0.4 is 5.32 Å². The lowest BCUT2D eigenvalue weighted by Crippen LogP contribution is -2.43. The Kier molecular flexibility index (Phi) is 9.94. The van der Waals surface area contributed by atoms with Gasteiger partial charge in [0.25, 0.3) is 0 Å². The van der Waals surface area contributed by atoms with Gasteiger partial charge in [0.2, 0.25) is 10.0 Å². The number of thioether (sulfide) groups is 1. The lowest BCUT2D eigenvalue weighted by atomic mass is 10.2. The Balaban J connectivity index is 0.00000261. The van der Waals surface area contributed by atoms with E-state index in [-0.39, 0.29) is 29.7 Å². The first kappa shape index (κ1) is 23.5. The number of guanidine groups is 1. The van der Waals surface area contributed by atoms with Crippen LogP contribution in [0.2, 0.25) is 0 Å². The van der Waals surface area contributed by atoms with Crippen molar-refractivity contribution in [2.75, 3.05) is 69.6 Å². The minimum absolute atomic E-state index is 0. The van der Waals surface area contributed by atoms with Crippen molar-refractivity contribution in [3.05, 3.63) is 0 Å². The number of nitrogens with one attached hydrogen (secondary N) is 1. The normalized spacial score (nSPS) is 25.6. The first-order chi connectivity index (χ1) is 12.6. The summed E-state index contributed by atoms with van der Waals surface area (Å²) in [6.45, 7) is 8.92. The molecule has 3 fully saturated rings. The van der Waals surface area contributed by atoms with E-state index in [1.807, 2.05) is 11.8 Å². The summed E-state index contributed by atoms with van der Waals surface area (Å²) in [5.41, 5.74) is 0. The van der Waals surface area contributed by atoms with Gasteiger partial charge in [0, 0.05) is 50.3 Å². The maximum atomic E-state index is 12.5. The number of hydrogen-bond donors (Lipinski definition) is 1. The van der Waals surface area contributed by atoms with E-state index < -0.39 is 10.0 Å². The Morgan fingerprint density at radius 1 is 1.15 bits per heavy atom. The molecule has 0 saturated carbocycles. The van der Waals surface area contributed by atoms with Gasteiger partial charge in [-0.3, -0.25) is 9.89 Å². The third-order valence-electron chi connectivity index (χ3n) is 5.43. The van der Waals surface area contributed by atoms with Gasteiger partial charge in [-0.1, -0.05) is 0 Å². The molecule has 1 atom stereocenters. The van der Waals surface area contributed by atoms with E-state index in [4.69, 9.17) is 0 Å². The summed E-state index contributed by atoms with van der Waals surface area (Å²) in [7, 11) is -3.18. The second kappa shape index (κ2) is 11.4. The Morgan fingerprint density at radius 2 is 1.85 bits per heavy atom. The molecule has 0 bridgehead atoms. The van der Waals surface area contributed by atoms with Gasteiger partial charge in [0.15, 0.2) is 5.96 Å². The average Bonchev–Trinajstić information content (AvgIpc) is 3.33. The fraction of sp³-hybridized carbons (Fsp3) is 0.941. The molecule has 0 amide bonds. The highest BCUT2D eigenvalue weighted by Gasteiger charge is 2.31. The first-order valence-corrected chi connectivity index (χ1v) is 12.7. The second-order valence-electron chi connectivity index (χ2n) is 7.19. The summed E-state index contributed by atoms with van der Waals surface area (Å²) in [5, 5.41) is 3.35. The molecule has 1 N–H and O–H groups in total. The molecule has 0 aromatic rings. The van der Waals surface area contributed by atoms with Crippen molar-refractivity contribution in [2.24, 2.45) is 4.99 Å². The molecule has 0 aromatic heterocycles. The fourth-order valence-electron chi connectivity index (χ4n) is 3.99. The molecule has 3 rings (SSSR count). The van der Waals surface area contributed by atoms with Crippen LogP contribution in [0.4, 0.5) is 0 Å². The SMILES string of the molecule is CCNC(=NCCS(=O)(=O)N1CCSCC1)N1CCC(N2CCCC2)C1.I. The molecular weight excluding hydrogens is 497 g/mol. The van der Waals surface area contributed by atoms with Crippen LogP contribution in [0.5, 0.6) is 0 Å². The van der Waals surface area contributed by atoms with E-state index in [0.29, 0.717) is 25.7 Å². The van der Waals surface area contributed by atoms with Crippen molar-refractivity contribution >= 4 is 51.7 Å². The maximum Gasteiger partial charge on any atom is 0.215 e. The van der Waals surface area contributed by atoms with E-state index in [1.54, 1.807) is 4.31 Å². The number of likely N-dealkylation sites (tertiary alicyclic amines) is 2. The van der Waals surface area contributed by atoms with E-state index in [9.17, 15) is 8.42 Å². The van der Waals surface area contributed by atoms with Crippen molar-refractivity contribution in [1.82, 2.24) is 19.4 Å². The largest absolute Gasteiger partial charge is 0.357 e. The second-order valence-corrected chi connectivity index (χ2v) is 10.5. The summed E-state index contributed by atoms with van der Waals surface area (Å²) in [4.78, 5) is 9.54. The van der Waals surface area contributed by atoms with E-state index in [2.05, 4.69) is 27.0 Å². The van der Waals surface area contributed by atoms with Crippen LogP contribution in [0.1, 0.15) is 26.2 Å². The molecule has 3 heterocycles. The Morgan fingerprint density at radius 3 is 2.52 bits per heavy atom. The quantitative estimate of drug-likeness (QED) is 0.315. The summed E-state index contributed by atoms with van der Waals surface area (Å²) in [6, 6.07) is 0.621. The van der Waals surface area contributed by atoms with Crippen molar-refractivity contribution in [3.63, 3.8) is 0 Å². The Labute approximate surface area is 185 Å². The summed E-state index contributed by atoms with van der Waals surface area (Å²) in [6.07, 6.45) is 3.81. The molecule has 0 aromatic carbocycles. The van der Waals surface area contributed by atoms with Gasteiger partial charge in [0.1, 0.15) is 0 Å². The van der Waals surface area contributed by atoms with Gasteiger partial charge < -0.3 is 10.2 Å². The molecule has 158 valence electrons. The van der Waals surface area contributed by atoms with Gasteiger partial charge in [-0.15, -0.1) is 24.0 Å². The molecule has 0 spiro atoms. The lowest BCUT2D eigenvalue weighted by Gasteiger charge is -2.26. The molecular formula is C17H34IN5O2S2. The van der Waals surface area contributed by atoms with Crippen LogP contribution >= 0.6 is 35.7 Å². The monoisotopic (exact) mass is 531 g/mol. The van der Waals surface area contributed by atoms with Crippen molar-refractivity contribution in [2.45, 2.75) is 32.2 Å². The number of aliphatic imine (C=N–C) groups is 1. The lowest BCUT2D eigenvalue weighted by molar-refractivity contribution is 0.249. The predicted molar refractivity (Wildman–Crippen MR) is 125 cm³/mol. The average molecular weight is 532 g/mol. The first-order valence-electron chi connectivity index (χ1n) is 9.93. The zero-order valence-corrected chi connectivity index (χ0v) is 20.3. The molecule has 0 radical (unpaired) electrons. The van der Waals surface area contributed by atoms with Gasteiger partial charge in [-0.2, -0.15) is 11.8 Å². The molecule has 3 saturated heterocycles. The molecule has 7 nitrogen and oxygen atoms in total. The van der Waals surface area contributed by atoms with Crippen molar-refractivity contribution in [3.8, 4) is 0 Å². The van der Waals surface area contributed by atoms with Crippen molar-refractivity contribution in [1.29, 1.82) is 0 Å². The Bertz CT molecular complexity index is 578. The number of hydrogen-bond acceptors (Lipinski definition) is 5. The van der Waals surface area contributed by atoms with E-state index in [0.717, 1.165) is 37.1 Å². The number of halogens is 1. The number of nitrogens with zero attached hydrogens (tertiary/aromatic N) is 4. The molecule has 0 aliphatic carbocycles. The standard InChI is InChI=1S/C17H33N5O2S2.HI/c1-2-18-17(21-9-5-16(15-21)20-7-3-4-8-20)19-6-14-26(23,24)22-10-12-25-13-11-22;/h16H,2-15H2,1H3,(H,18,19);1H. The third-order valence-corrected chi connectivity index (χ3v) is 8.22. The van der Waals surface area contributed by atoms with E-state index >= 15 is 0 Å². The van der Waals surface area contributed by atoms with Crippen LogP contribution in [-0.4, -0.2) is 104 Å². The zero-order valence-electron chi connectivity index (χ0n) is 16.3. The topological polar surface area (TPSA) is 68.2 Å².